The SMILES string of the molecule is COc1ccc(C(=O)OC(c2ccccc2)c2ccccc2)cc1Br. The van der Waals surface area contributed by atoms with E-state index in [1.165, 1.54) is 0 Å². The van der Waals surface area contributed by atoms with E-state index < -0.39 is 6.10 Å². The molecule has 25 heavy (non-hydrogen) atoms. The largest absolute Gasteiger partial charge is 0.496 e. The van der Waals surface area contributed by atoms with E-state index >= 15 is 0 Å². The van der Waals surface area contributed by atoms with Crippen molar-refractivity contribution >= 4 is 21.9 Å². The van der Waals surface area contributed by atoms with Gasteiger partial charge in [0.1, 0.15) is 5.75 Å². The van der Waals surface area contributed by atoms with Gasteiger partial charge in [0.15, 0.2) is 6.10 Å². The Labute approximate surface area is 155 Å². The van der Waals surface area contributed by atoms with E-state index in [1.54, 1.807) is 25.3 Å². The molecular weight excluding hydrogens is 380 g/mol. The van der Waals surface area contributed by atoms with Crippen LogP contribution < -0.4 is 4.74 Å². The second kappa shape index (κ2) is 7.99. The van der Waals surface area contributed by atoms with Gasteiger partial charge in [-0.3, -0.25) is 0 Å². The maximum Gasteiger partial charge on any atom is 0.339 e. The quantitative estimate of drug-likeness (QED) is 0.541. The van der Waals surface area contributed by atoms with Crippen LogP contribution in [0.3, 0.4) is 0 Å². The lowest BCUT2D eigenvalue weighted by Crippen LogP contribution is -2.13. The zero-order valence-electron chi connectivity index (χ0n) is 13.7. The van der Waals surface area contributed by atoms with Crippen molar-refractivity contribution in [1.82, 2.24) is 0 Å². The molecule has 0 unspecified atom stereocenters. The fourth-order valence-corrected chi connectivity index (χ4v) is 3.09. The number of methoxy groups -OCH3 is 1. The summed E-state index contributed by atoms with van der Waals surface area (Å²) in [6.45, 7) is 0. The van der Waals surface area contributed by atoms with E-state index in [0.717, 1.165) is 11.1 Å². The summed E-state index contributed by atoms with van der Waals surface area (Å²) in [5, 5.41) is 0. The van der Waals surface area contributed by atoms with Crippen LogP contribution in [0, 0.1) is 0 Å². The molecule has 0 radical (unpaired) electrons. The van der Waals surface area contributed by atoms with Crippen LogP contribution in [-0.2, 0) is 4.74 Å². The van der Waals surface area contributed by atoms with E-state index in [2.05, 4.69) is 15.9 Å². The number of rotatable bonds is 5. The van der Waals surface area contributed by atoms with Crippen molar-refractivity contribution < 1.29 is 14.3 Å². The van der Waals surface area contributed by atoms with Crippen molar-refractivity contribution in [3.8, 4) is 5.75 Å². The zero-order chi connectivity index (χ0) is 17.6. The Balaban J connectivity index is 1.90. The summed E-state index contributed by atoms with van der Waals surface area (Å²) < 4.78 is 11.7. The molecule has 0 bridgehead atoms. The van der Waals surface area contributed by atoms with Crippen molar-refractivity contribution in [3.05, 3.63) is 100 Å². The molecule has 0 amide bonds. The summed E-state index contributed by atoms with van der Waals surface area (Å²) in [5.74, 6) is 0.278. The van der Waals surface area contributed by atoms with Gasteiger partial charge >= 0.3 is 5.97 Å². The second-order valence-electron chi connectivity index (χ2n) is 5.46. The molecule has 0 saturated heterocycles. The van der Waals surface area contributed by atoms with Gasteiger partial charge in [-0.25, -0.2) is 4.79 Å². The Kier molecular flexibility index (Phi) is 5.51. The molecule has 0 N–H and O–H groups in total. The number of carbonyl (C=O) groups excluding carboxylic acids is 1. The summed E-state index contributed by atoms with van der Waals surface area (Å²) in [6.07, 6.45) is -0.462. The number of ether oxygens (including phenoxy) is 2. The van der Waals surface area contributed by atoms with Gasteiger partial charge in [0, 0.05) is 0 Å². The fraction of sp³-hybridized carbons (Fsp3) is 0.0952. The number of hydrogen-bond acceptors (Lipinski definition) is 3. The minimum absolute atomic E-state index is 0.388. The molecule has 3 nitrogen and oxygen atoms in total. The van der Waals surface area contributed by atoms with Gasteiger partial charge < -0.3 is 9.47 Å². The molecule has 0 fully saturated rings. The summed E-state index contributed by atoms with van der Waals surface area (Å²) in [5.41, 5.74) is 2.31. The second-order valence-corrected chi connectivity index (χ2v) is 6.31. The molecule has 0 spiro atoms. The summed E-state index contributed by atoms with van der Waals surface area (Å²) in [6, 6.07) is 24.6. The van der Waals surface area contributed by atoms with Crippen molar-refractivity contribution in [2.45, 2.75) is 6.10 Å². The maximum absolute atomic E-state index is 12.7. The average molecular weight is 397 g/mol. The van der Waals surface area contributed by atoms with Gasteiger partial charge in [0.25, 0.3) is 0 Å². The fourth-order valence-electron chi connectivity index (χ4n) is 2.55. The third-order valence-electron chi connectivity index (χ3n) is 3.82. The van der Waals surface area contributed by atoms with Crippen molar-refractivity contribution in [2.24, 2.45) is 0 Å². The van der Waals surface area contributed by atoms with Crippen LogP contribution in [0.1, 0.15) is 27.6 Å². The van der Waals surface area contributed by atoms with Crippen molar-refractivity contribution in [3.63, 3.8) is 0 Å². The molecule has 0 aliphatic rings. The van der Waals surface area contributed by atoms with Gasteiger partial charge in [-0.05, 0) is 45.3 Å². The highest BCUT2D eigenvalue weighted by Crippen LogP contribution is 2.29. The van der Waals surface area contributed by atoms with E-state index in [1.807, 2.05) is 60.7 Å². The minimum atomic E-state index is -0.462. The molecule has 0 saturated carbocycles. The third kappa shape index (κ3) is 4.09. The Bertz CT molecular complexity index is 808. The molecule has 0 aliphatic heterocycles. The molecule has 126 valence electrons. The summed E-state index contributed by atoms with van der Waals surface area (Å²) in [7, 11) is 1.58. The first-order chi connectivity index (χ1) is 12.2. The number of esters is 1. The molecular formula is C21H17BrO3. The highest BCUT2D eigenvalue weighted by atomic mass is 79.9. The van der Waals surface area contributed by atoms with Gasteiger partial charge in [0.2, 0.25) is 0 Å². The third-order valence-corrected chi connectivity index (χ3v) is 4.44. The van der Waals surface area contributed by atoms with Crippen LogP contribution in [0.2, 0.25) is 0 Å². The molecule has 0 aromatic heterocycles. The average Bonchev–Trinajstić information content (AvgIpc) is 2.67. The topological polar surface area (TPSA) is 35.5 Å². The predicted octanol–water partition coefficient (Wildman–Crippen LogP) is 5.40. The summed E-state index contributed by atoms with van der Waals surface area (Å²) in [4.78, 5) is 12.7. The number of carbonyl (C=O) groups is 1. The number of halogens is 1. The Morgan fingerprint density at radius 3 is 1.92 bits per heavy atom. The Morgan fingerprint density at radius 2 is 1.44 bits per heavy atom. The van der Waals surface area contributed by atoms with Crippen LogP contribution in [-0.4, -0.2) is 13.1 Å². The van der Waals surface area contributed by atoms with E-state index in [-0.39, 0.29) is 5.97 Å². The minimum Gasteiger partial charge on any atom is -0.496 e. The smallest absolute Gasteiger partial charge is 0.339 e. The van der Waals surface area contributed by atoms with E-state index in [9.17, 15) is 4.79 Å². The number of hydrogen-bond donors (Lipinski definition) is 0. The Hall–Kier alpha value is -2.59. The molecule has 3 aromatic carbocycles. The standard InChI is InChI=1S/C21H17BrO3/c1-24-19-13-12-17(14-18(19)22)21(23)25-20(15-8-4-2-5-9-15)16-10-6-3-7-11-16/h2-14,20H,1H3. The van der Waals surface area contributed by atoms with Crippen LogP contribution in [0.25, 0.3) is 0 Å². The highest BCUT2D eigenvalue weighted by molar-refractivity contribution is 9.10. The molecule has 0 heterocycles. The normalized spacial score (nSPS) is 10.5. The number of benzene rings is 3. The lowest BCUT2D eigenvalue weighted by molar-refractivity contribution is 0.0378. The highest BCUT2D eigenvalue weighted by Gasteiger charge is 2.20. The van der Waals surface area contributed by atoms with E-state index in [0.29, 0.717) is 15.8 Å². The van der Waals surface area contributed by atoms with Crippen molar-refractivity contribution in [1.29, 1.82) is 0 Å². The van der Waals surface area contributed by atoms with E-state index in [4.69, 9.17) is 9.47 Å². The first kappa shape index (κ1) is 17.2. The van der Waals surface area contributed by atoms with Gasteiger partial charge in [-0.1, -0.05) is 60.7 Å². The predicted molar refractivity (Wildman–Crippen MR) is 101 cm³/mol. The monoisotopic (exact) mass is 396 g/mol. The molecule has 3 aromatic rings. The van der Waals surface area contributed by atoms with Crippen LogP contribution in [0.15, 0.2) is 83.3 Å². The molecule has 3 rings (SSSR count). The van der Waals surface area contributed by atoms with Crippen LogP contribution in [0.5, 0.6) is 5.75 Å². The van der Waals surface area contributed by atoms with Gasteiger partial charge in [-0.2, -0.15) is 0 Å². The lowest BCUT2D eigenvalue weighted by Gasteiger charge is -2.19. The first-order valence-corrected chi connectivity index (χ1v) is 8.63. The van der Waals surface area contributed by atoms with Gasteiger partial charge in [0.05, 0.1) is 17.1 Å². The molecule has 0 aliphatic carbocycles. The van der Waals surface area contributed by atoms with Gasteiger partial charge in [-0.15, -0.1) is 0 Å². The summed E-state index contributed by atoms with van der Waals surface area (Å²) >= 11 is 3.40. The maximum atomic E-state index is 12.7. The van der Waals surface area contributed by atoms with Crippen molar-refractivity contribution in [2.75, 3.05) is 7.11 Å². The first-order valence-electron chi connectivity index (χ1n) is 7.83. The zero-order valence-corrected chi connectivity index (χ0v) is 15.3. The molecule has 0 atom stereocenters. The van der Waals surface area contributed by atoms with Crippen LogP contribution in [0.4, 0.5) is 0 Å². The Morgan fingerprint density at radius 1 is 0.880 bits per heavy atom. The lowest BCUT2D eigenvalue weighted by atomic mass is 10.0. The molecule has 4 heteroatoms. The van der Waals surface area contributed by atoms with Crippen LogP contribution >= 0.6 is 15.9 Å².